The SMILES string of the molecule is O=C(NCCCC1=CCN=C1)c1ccc(-n2cnnc2)c(C#Cc2ccccc2)c1. The fourth-order valence-corrected chi connectivity index (χ4v) is 3.14. The molecule has 6 heteroatoms. The average Bonchev–Trinajstić information content (AvgIpc) is 3.50. The topological polar surface area (TPSA) is 72.2 Å². The number of hydrogen-bond donors (Lipinski definition) is 1. The minimum atomic E-state index is -0.109. The zero-order valence-corrected chi connectivity index (χ0v) is 16.5. The Morgan fingerprint density at radius 3 is 2.67 bits per heavy atom. The van der Waals surface area contributed by atoms with Gasteiger partial charge in [-0.25, -0.2) is 0 Å². The van der Waals surface area contributed by atoms with Gasteiger partial charge in [0.15, 0.2) is 0 Å². The van der Waals surface area contributed by atoms with Gasteiger partial charge in [0.25, 0.3) is 5.91 Å². The molecule has 148 valence electrons. The molecule has 0 saturated heterocycles. The first kappa shape index (κ1) is 19.3. The summed E-state index contributed by atoms with van der Waals surface area (Å²) >= 11 is 0. The first-order valence-corrected chi connectivity index (χ1v) is 9.83. The number of rotatable bonds is 6. The van der Waals surface area contributed by atoms with Gasteiger partial charge < -0.3 is 5.32 Å². The maximum Gasteiger partial charge on any atom is 0.251 e. The first-order chi connectivity index (χ1) is 14.8. The Morgan fingerprint density at radius 1 is 1.07 bits per heavy atom. The molecule has 1 aliphatic heterocycles. The van der Waals surface area contributed by atoms with Crippen molar-refractivity contribution in [2.75, 3.05) is 13.1 Å². The number of carbonyl (C=O) groups excluding carboxylic acids is 1. The molecule has 0 radical (unpaired) electrons. The normalized spacial score (nSPS) is 12.2. The van der Waals surface area contributed by atoms with Gasteiger partial charge in [-0.15, -0.1) is 10.2 Å². The third kappa shape index (κ3) is 4.89. The second-order valence-electron chi connectivity index (χ2n) is 6.85. The summed E-state index contributed by atoms with van der Waals surface area (Å²) in [4.78, 5) is 16.8. The van der Waals surface area contributed by atoms with Crippen molar-refractivity contribution in [2.45, 2.75) is 12.8 Å². The summed E-state index contributed by atoms with van der Waals surface area (Å²) in [5.41, 5.74) is 4.28. The fraction of sp³-hybridized carbons (Fsp3) is 0.167. The van der Waals surface area contributed by atoms with E-state index in [-0.39, 0.29) is 5.91 Å². The molecule has 6 nitrogen and oxygen atoms in total. The van der Waals surface area contributed by atoms with Crippen molar-refractivity contribution < 1.29 is 4.79 Å². The maximum atomic E-state index is 12.6. The van der Waals surface area contributed by atoms with Crippen LogP contribution in [0.2, 0.25) is 0 Å². The third-order valence-electron chi connectivity index (χ3n) is 4.71. The van der Waals surface area contributed by atoms with Crippen LogP contribution in [-0.2, 0) is 0 Å². The van der Waals surface area contributed by atoms with E-state index < -0.39 is 0 Å². The molecule has 1 N–H and O–H groups in total. The lowest BCUT2D eigenvalue weighted by atomic mass is 10.1. The van der Waals surface area contributed by atoms with Crippen LogP contribution in [0.3, 0.4) is 0 Å². The standard InChI is InChI=1S/C24H21N5O/c30-24(26-13-4-7-20-12-14-25-16-20)22-10-11-23(29-17-27-28-18-29)21(15-22)9-8-19-5-2-1-3-6-19/h1-3,5-6,10-12,15-18H,4,7,13-14H2,(H,26,30). The number of hydrogen-bond acceptors (Lipinski definition) is 4. The molecule has 0 fully saturated rings. The lowest BCUT2D eigenvalue weighted by Gasteiger charge is -2.09. The molecule has 0 spiro atoms. The Balaban J connectivity index is 1.50. The highest BCUT2D eigenvalue weighted by atomic mass is 16.1. The number of aliphatic imine (C=N–C) groups is 1. The third-order valence-corrected chi connectivity index (χ3v) is 4.71. The number of allylic oxidation sites excluding steroid dienone is 1. The van der Waals surface area contributed by atoms with Gasteiger partial charge in [0.1, 0.15) is 12.7 Å². The van der Waals surface area contributed by atoms with Crippen molar-refractivity contribution in [1.29, 1.82) is 0 Å². The van der Waals surface area contributed by atoms with Gasteiger partial charge >= 0.3 is 0 Å². The summed E-state index contributed by atoms with van der Waals surface area (Å²) in [5.74, 6) is 6.24. The Bertz CT molecular complexity index is 1140. The Hall–Kier alpha value is -3.98. The molecule has 30 heavy (non-hydrogen) atoms. The van der Waals surface area contributed by atoms with Crippen LogP contribution in [0.25, 0.3) is 5.69 Å². The smallest absolute Gasteiger partial charge is 0.251 e. The number of amides is 1. The second-order valence-corrected chi connectivity index (χ2v) is 6.85. The zero-order chi connectivity index (χ0) is 20.6. The monoisotopic (exact) mass is 395 g/mol. The van der Waals surface area contributed by atoms with Gasteiger partial charge in [0.05, 0.1) is 12.2 Å². The van der Waals surface area contributed by atoms with Crippen LogP contribution >= 0.6 is 0 Å². The number of nitrogens with one attached hydrogen (secondary N) is 1. The van der Waals surface area contributed by atoms with Gasteiger partial charge in [-0.2, -0.15) is 0 Å². The number of aromatic nitrogens is 3. The van der Waals surface area contributed by atoms with Crippen LogP contribution in [0.15, 0.2) is 77.8 Å². The van der Waals surface area contributed by atoms with Crippen molar-refractivity contribution in [3.8, 4) is 17.5 Å². The summed E-state index contributed by atoms with van der Waals surface area (Å²) in [6.45, 7) is 1.38. The fourth-order valence-electron chi connectivity index (χ4n) is 3.14. The predicted molar refractivity (Wildman–Crippen MR) is 117 cm³/mol. The maximum absolute atomic E-state index is 12.6. The van der Waals surface area contributed by atoms with Crippen LogP contribution in [0.5, 0.6) is 0 Å². The summed E-state index contributed by atoms with van der Waals surface area (Å²) in [6.07, 6.45) is 9.05. The Morgan fingerprint density at radius 2 is 1.90 bits per heavy atom. The van der Waals surface area contributed by atoms with E-state index in [4.69, 9.17) is 0 Å². The highest BCUT2D eigenvalue weighted by Gasteiger charge is 2.10. The van der Waals surface area contributed by atoms with Crippen LogP contribution in [0.1, 0.15) is 34.3 Å². The van der Waals surface area contributed by atoms with E-state index in [1.165, 1.54) is 5.57 Å². The van der Waals surface area contributed by atoms with E-state index in [2.05, 4.69) is 38.4 Å². The zero-order valence-electron chi connectivity index (χ0n) is 16.5. The quantitative estimate of drug-likeness (QED) is 0.515. The van der Waals surface area contributed by atoms with Crippen molar-refractivity contribution in [2.24, 2.45) is 4.99 Å². The minimum absolute atomic E-state index is 0.109. The summed E-state index contributed by atoms with van der Waals surface area (Å²) in [6, 6.07) is 15.2. The molecule has 0 saturated carbocycles. The van der Waals surface area contributed by atoms with Crippen LogP contribution in [0.4, 0.5) is 0 Å². The molecular formula is C24H21N5O. The molecule has 0 atom stereocenters. The summed E-state index contributed by atoms with van der Waals surface area (Å²) < 4.78 is 1.79. The van der Waals surface area contributed by atoms with Crippen molar-refractivity contribution >= 4 is 12.1 Å². The molecule has 4 rings (SSSR count). The Kier molecular flexibility index (Phi) is 6.11. The molecule has 2 aromatic carbocycles. The molecule has 1 amide bonds. The van der Waals surface area contributed by atoms with Gasteiger partial charge in [-0.3, -0.25) is 14.4 Å². The van der Waals surface area contributed by atoms with Crippen LogP contribution in [-0.4, -0.2) is 40.0 Å². The first-order valence-electron chi connectivity index (χ1n) is 9.83. The van der Waals surface area contributed by atoms with E-state index in [9.17, 15) is 4.79 Å². The largest absolute Gasteiger partial charge is 0.352 e. The van der Waals surface area contributed by atoms with Crippen LogP contribution in [0, 0.1) is 11.8 Å². The lowest BCUT2D eigenvalue weighted by molar-refractivity contribution is 0.0953. The summed E-state index contributed by atoms with van der Waals surface area (Å²) in [5, 5.41) is 10.7. The van der Waals surface area contributed by atoms with E-state index in [1.807, 2.05) is 48.7 Å². The average molecular weight is 395 g/mol. The predicted octanol–water partition coefficient (Wildman–Crippen LogP) is 3.19. The second kappa shape index (κ2) is 9.48. The van der Waals surface area contributed by atoms with E-state index in [1.54, 1.807) is 23.3 Å². The number of benzene rings is 2. The van der Waals surface area contributed by atoms with Crippen molar-refractivity contribution in [3.63, 3.8) is 0 Å². The highest BCUT2D eigenvalue weighted by Crippen LogP contribution is 2.16. The molecule has 1 aliphatic rings. The molecule has 2 heterocycles. The van der Waals surface area contributed by atoms with E-state index >= 15 is 0 Å². The van der Waals surface area contributed by atoms with Gasteiger partial charge in [-0.1, -0.05) is 36.1 Å². The molecular weight excluding hydrogens is 374 g/mol. The number of carbonyl (C=O) groups is 1. The van der Waals surface area contributed by atoms with E-state index in [0.717, 1.165) is 36.2 Å². The van der Waals surface area contributed by atoms with Crippen molar-refractivity contribution in [1.82, 2.24) is 20.1 Å². The van der Waals surface area contributed by atoms with Gasteiger partial charge in [-0.05, 0) is 48.7 Å². The highest BCUT2D eigenvalue weighted by molar-refractivity contribution is 5.95. The van der Waals surface area contributed by atoms with Crippen molar-refractivity contribution in [3.05, 3.63) is 89.5 Å². The molecule has 3 aromatic rings. The Labute approximate surface area is 175 Å². The van der Waals surface area contributed by atoms with E-state index in [0.29, 0.717) is 12.1 Å². The van der Waals surface area contributed by atoms with Gasteiger partial charge in [0, 0.05) is 29.4 Å². The number of nitrogens with zero attached hydrogens (tertiary/aromatic N) is 4. The van der Waals surface area contributed by atoms with Crippen LogP contribution < -0.4 is 5.32 Å². The van der Waals surface area contributed by atoms with Gasteiger partial charge in [0.2, 0.25) is 0 Å². The minimum Gasteiger partial charge on any atom is -0.352 e. The summed E-state index contributed by atoms with van der Waals surface area (Å²) in [7, 11) is 0. The molecule has 0 bridgehead atoms. The molecule has 0 unspecified atom stereocenters. The molecule has 1 aromatic heterocycles. The lowest BCUT2D eigenvalue weighted by Crippen LogP contribution is -2.24. The molecule has 0 aliphatic carbocycles.